The lowest BCUT2D eigenvalue weighted by molar-refractivity contribution is 0.184. The van der Waals surface area contributed by atoms with Crippen LogP contribution in [0.15, 0.2) is 28.7 Å². The Morgan fingerprint density at radius 2 is 2.00 bits per heavy atom. The third-order valence-electron chi connectivity index (χ3n) is 3.71. The molecule has 2 N–H and O–H groups in total. The number of halogens is 1. The summed E-state index contributed by atoms with van der Waals surface area (Å²) in [5.41, 5.74) is 7.59. The van der Waals surface area contributed by atoms with Crippen molar-refractivity contribution in [2.24, 2.45) is 5.73 Å². The summed E-state index contributed by atoms with van der Waals surface area (Å²) in [4.78, 5) is 2.38. The standard InChI is InChI=1S/C14H21BrN2OS/c1-2-13(16)14(11-5-3-4-6-12(11)15)17-7-9-19(18)10-8-17/h3-6,13-14H,2,7-10,16H2,1H3. The first-order chi connectivity index (χ1) is 9.13. The van der Waals surface area contributed by atoms with Crippen LogP contribution in [0.3, 0.4) is 0 Å². The molecule has 2 rings (SSSR count). The number of benzene rings is 1. The highest BCUT2D eigenvalue weighted by atomic mass is 79.9. The van der Waals surface area contributed by atoms with E-state index in [1.165, 1.54) is 5.56 Å². The largest absolute Gasteiger partial charge is 0.326 e. The Balaban J connectivity index is 2.26. The fourth-order valence-corrected chi connectivity index (χ4v) is 4.17. The van der Waals surface area contributed by atoms with Crippen molar-refractivity contribution >= 4 is 26.7 Å². The van der Waals surface area contributed by atoms with Crippen molar-refractivity contribution in [1.82, 2.24) is 4.90 Å². The fourth-order valence-electron chi connectivity index (χ4n) is 2.57. The molecule has 5 heteroatoms. The van der Waals surface area contributed by atoms with E-state index in [1.54, 1.807) is 0 Å². The van der Waals surface area contributed by atoms with E-state index in [-0.39, 0.29) is 12.1 Å². The number of nitrogens with two attached hydrogens (primary N) is 1. The quantitative estimate of drug-likeness (QED) is 0.911. The van der Waals surface area contributed by atoms with Crippen molar-refractivity contribution in [1.29, 1.82) is 0 Å². The minimum absolute atomic E-state index is 0.102. The van der Waals surface area contributed by atoms with E-state index in [4.69, 9.17) is 5.73 Å². The Morgan fingerprint density at radius 3 is 2.58 bits per heavy atom. The molecule has 1 aromatic carbocycles. The molecule has 0 radical (unpaired) electrons. The molecule has 2 atom stereocenters. The maximum absolute atomic E-state index is 11.5. The fraction of sp³-hybridized carbons (Fsp3) is 0.571. The second kappa shape index (κ2) is 6.97. The number of nitrogens with zero attached hydrogens (tertiary/aromatic N) is 1. The first-order valence-electron chi connectivity index (χ1n) is 6.72. The summed E-state index contributed by atoms with van der Waals surface area (Å²) in [7, 11) is -0.649. The van der Waals surface area contributed by atoms with Crippen LogP contribution >= 0.6 is 15.9 Å². The van der Waals surface area contributed by atoms with Crippen molar-refractivity contribution in [3.63, 3.8) is 0 Å². The number of rotatable bonds is 4. The second-order valence-corrected chi connectivity index (χ2v) is 7.47. The topological polar surface area (TPSA) is 46.3 Å². The van der Waals surface area contributed by atoms with Crippen molar-refractivity contribution in [2.45, 2.75) is 25.4 Å². The molecule has 1 saturated heterocycles. The van der Waals surface area contributed by atoms with Gasteiger partial charge in [0.15, 0.2) is 0 Å². The van der Waals surface area contributed by atoms with E-state index < -0.39 is 10.8 Å². The van der Waals surface area contributed by atoms with Gasteiger partial charge in [-0.05, 0) is 18.1 Å². The second-order valence-electron chi connectivity index (χ2n) is 4.92. The van der Waals surface area contributed by atoms with Crippen molar-refractivity contribution in [3.8, 4) is 0 Å². The molecule has 19 heavy (non-hydrogen) atoms. The van der Waals surface area contributed by atoms with Gasteiger partial charge in [-0.3, -0.25) is 9.11 Å². The average Bonchev–Trinajstić information content (AvgIpc) is 2.43. The van der Waals surface area contributed by atoms with Crippen LogP contribution in [-0.4, -0.2) is 39.7 Å². The van der Waals surface area contributed by atoms with Gasteiger partial charge in [0.1, 0.15) is 0 Å². The maximum Gasteiger partial charge on any atom is 0.0510 e. The Hall–Kier alpha value is -0.230. The van der Waals surface area contributed by atoms with Gasteiger partial charge in [0.05, 0.1) is 6.04 Å². The zero-order valence-electron chi connectivity index (χ0n) is 11.2. The van der Waals surface area contributed by atoms with E-state index in [1.807, 2.05) is 6.07 Å². The van der Waals surface area contributed by atoms with Crippen LogP contribution in [0.1, 0.15) is 24.9 Å². The monoisotopic (exact) mass is 344 g/mol. The third kappa shape index (κ3) is 3.66. The van der Waals surface area contributed by atoms with Crippen LogP contribution in [-0.2, 0) is 10.8 Å². The molecule has 0 saturated carbocycles. The summed E-state index contributed by atoms with van der Waals surface area (Å²) >= 11 is 3.63. The normalized spacial score (nSPS) is 21.2. The van der Waals surface area contributed by atoms with Gasteiger partial charge in [-0.2, -0.15) is 0 Å². The molecule has 106 valence electrons. The van der Waals surface area contributed by atoms with Gasteiger partial charge >= 0.3 is 0 Å². The molecule has 0 aliphatic carbocycles. The van der Waals surface area contributed by atoms with Gasteiger partial charge < -0.3 is 5.73 Å². The van der Waals surface area contributed by atoms with Gasteiger partial charge in [-0.15, -0.1) is 0 Å². The smallest absolute Gasteiger partial charge is 0.0510 e. The first-order valence-corrected chi connectivity index (χ1v) is 9.00. The molecule has 0 spiro atoms. The van der Waals surface area contributed by atoms with E-state index in [0.29, 0.717) is 0 Å². The Labute approximate surface area is 126 Å². The minimum Gasteiger partial charge on any atom is -0.326 e. The van der Waals surface area contributed by atoms with E-state index in [0.717, 1.165) is 35.5 Å². The molecule has 0 amide bonds. The highest BCUT2D eigenvalue weighted by Crippen LogP contribution is 2.31. The molecule has 1 aliphatic heterocycles. The summed E-state index contributed by atoms with van der Waals surface area (Å²) in [6.45, 7) is 3.86. The molecule has 1 aliphatic rings. The van der Waals surface area contributed by atoms with Gasteiger partial charge in [0.2, 0.25) is 0 Å². The van der Waals surface area contributed by atoms with Gasteiger partial charge in [0, 0.05) is 45.9 Å². The molecular formula is C14H21BrN2OS. The highest BCUT2D eigenvalue weighted by Gasteiger charge is 2.29. The number of hydrogen-bond donors (Lipinski definition) is 1. The van der Waals surface area contributed by atoms with E-state index >= 15 is 0 Å². The maximum atomic E-state index is 11.5. The predicted molar refractivity (Wildman–Crippen MR) is 84.6 cm³/mol. The molecule has 1 heterocycles. The third-order valence-corrected chi connectivity index (χ3v) is 5.70. The molecule has 0 aromatic heterocycles. The molecule has 1 fully saturated rings. The molecule has 1 aromatic rings. The molecule has 3 nitrogen and oxygen atoms in total. The predicted octanol–water partition coefficient (Wildman–Crippen LogP) is 2.29. The van der Waals surface area contributed by atoms with E-state index in [2.05, 4.69) is 46.0 Å². The molecular weight excluding hydrogens is 324 g/mol. The Kier molecular flexibility index (Phi) is 5.57. The average molecular weight is 345 g/mol. The Morgan fingerprint density at radius 1 is 1.37 bits per heavy atom. The number of hydrogen-bond acceptors (Lipinski definition) is 3. The van der Waals surface area contributed by atoms with Gasteiger partial charge in [-0.1, -0.05) is 41.1 Å². The molecule has 2 unspecified atom stereocenters. The summed E-state index contributed by atoms with van der Waals surface area (Å²) in [6.07, 6.45) is 0.936. The highest BCUT2D eigenvalue weighted by molar-refractivity contribution is 9.10. The van der Waals surface area contributed by atoms with Crippen LogP contribution < -0.4 is 5.73 Å². The van der Waals surface area contributed by atoms with Crippen LogP contribution in [0.25, 0.3) is 0 Å². The lowest BCUT2D eigenvalue weighted by atomic mass is 9.96. The Bertz CT molecular complexity index is 445. The van der Waals surface area contributed by atoms with Crippen LogP contribution in [0.2, 0.25) is 0 Å². The van der Waals surface area contributed by atoms with Crippen LogP contribution in [0.5, 0.6) is 0 Å². The van der Waals surface area contributed by atoms with Crippen molar-refractivity contribution in [2.75, 3.05) is 24.6 Å². The zero-order valence-corrected chi connectivity index (χ0v) is 13.6. The summed E-state index contributed by atoms with van der Waals surface area (Å²) in [5, 5.41) is 0. The summed E-state index contributed by atoms with van der Waals surface area (Å²) in [6, 6.07) is 8.58. The lowest BCUT2D eigenvalue weighted by Crippen LogP contribution is -2.46. The van der Waals surface area contributed by atoms with Crippen LogP contribution in [0, 0.1) is 0 Å². The summed E-state index contributed by atoms with van der Waals surface area (Å²) in [5.74, 6) is 1.52. The van der Waals surface area contributed by atoms with Crippen LogP contribution in [0.4, 0.5) is 0 Å². The summed E-state index contributed by atoms with van der Waals surface area (Å²) < 4.78 is 12.6. The lowest BCUT2D eigenvalue weighted by Gasteiger charge is -2.38. The van der Waals surface area contributed by atoms with E-state index in [9.17, 15) is 4.21 Å². The zero-order chi connectivity index (χ0) is 13.8. The van der Waals surface area contributed by atoms with Crippen molar-refractivity contribution < 1.29 is 4.21 Å². The van der Waals surface area contributed by atoms with Gasteiger partial charge in [-0.25, -0.2) is 0 Å². The first kappa shape index (κ1) is 15.2. The molecule has 0 bridgehead atoms. The van der Waals surface area contributed by atoms with Gasteiger partial charge in [0.25, 0.3) is 0 Å². The van der Waals surface area contributed by atoms with Crippen molar-refractivity contribution in [3.05, 3.63) is 34.3 Å². The SMILES string of the molecule is CCC(N)C(c1ccccc1Br)N1CCS(=O)CC1. The minimum atomic E-state index is -0.649.